The summed E-state index contributed by atoms with van der Waals surface area (Å²) in [6.07, 6.45) is 0. The first-order chi connectivity index (χ1) is 15.3. The highest BCUT2D eigenvalue weighted by molar-refractivity contribution is 7.95. The fourth-order valence-electron chi connectivity index (χ4n) is 3.97. The van der Waals surface area contributed by atoms with Crippen LogP contribution in [0.15, 0.2) is 115 Å². The van der Waals surface area contributed by atoms with Crippen molar-refractivity contribution >= 4 is 45.4 Å². The summed E-state index contributed by atoms with van der Waals surface area (Å²) in [6, 6.07) is 38.7. The van der Waals surface area contributed by atoms with Crippen LogP contribution >= 0.6 is 6.89 Å². The summed E-state index contributed by atoms with van der Waals surface area (Å²) < 4.78 is 0. The first-order valence-electron chi connectivity index (χ1n) is 10.2. The average molecular weight is 420 g/mol. The SMILES string of the molecule is O=C(C=P(c1ccccc1)(c1ccccc1)c1ccccc1)c1nc2ccccc2[nH]1. The van der Waals surface area contributed by atoms with E-state index in [1.807, 2.05) is 84.7 Å². The number of rotatable bonds is 5. The van der Waals surface area contributed by atoms with Gasteiger partial charge in [-0.3, -0.25) is 4.79 Å². The molecule has 0 aliphatic rings. The first-order valence-corrected chi connectivity index (χ1v) is 12.0. The first kappa shape index (κ1) is 19.3. The molecule has 0 fully saturated rings. The lowest BCUT2D eigenvalue weighted by molar-refractivity contribution is 0.106. The largest absolute Gasteiger partial charge is 0.335 e. The van der Waals surface area contributed by atoms with Crippen LogP contribution in [0.4, 0.5) is 0 Å². The van der Waals surface area contributed by atoms with Crippen LogP contribution in [0.2, 0.25) is 0 Å². The molecule has 0 saturated carbocycles. The molecule has 150 valence electrons. The number of H-pyrrole nitrogens is 1. The molecule has 0 spiro atoms. The second kappa shape index (κ2) is 8.22. The van der Waals surface area contributed by atoms with Crippen molar-refractivity contribution in [2.24, 2.45) is 0 Å². The highest BCUT2D eigenvalue weighted by Gasteiger charge is 2.27. The minimum atomic E-state index is -2.35. The number of nitrogens with one attached hydrogen (secondary N) is 1. The second-order valence-corrected chi connectivity index (χ2v) is 10.6. The van der Waals surface area contributed by atoms with Crippen LogP contribution in [-0.2, 0) is 0 Å². The Hall–Kier alpha value is -3.68. The Morgan fingerprint density at radius 1 is 0.645 bits per heavy atom. The van der Waals surface area contributed by atoms with Crippen LogP contribution in [-0.4, -0.2) is 21.5 Å². The van der Waals surface area contributed by atoms with Crippen LogP contribution < -0.4 is 15.9 Å². The molecule has 0 saturated heterocycles. The van der Waals surface area contributed by atoms with Crippen LogP contribution in [0.3, 0.4) is 0 Å². The molecule has 0 unspecified atom stereocenters. The quantitative estimate of drug-likeness (QED) is 0.335. The molecule has 0 amide bonds. The van der Waals surface area contributed by atoms with Crippen LogP contribution in [0.25, 0.3) is 11.0 Å². The number of aromatic amines is 1. The fraction of sp³-hybridized carbons (Fsp3) is 0. The number of imidazole rings is 1. The summed E-state index contributed by atoms with van der Waals surface area (Å²) in [6.45, 7) is -2.35. The number of nitrogens with zero attached hydrogens (tertiary/aromatic N) is 1. The van der Waals surface area contributed by atoms with Gasteiger partial charge in [0.25, 0.3) is 0 Å². The van der Waals surface area contributed by atoms with E-state index in [1.165, 1.54) is 0 Å². The highest BCUT2D eigenvalue weighted by atomic mass is 31.2. The normalized spacial score (nSPS) is 11.4. The number of fused-ring (bicyclic) bond motifs is 1. The Labute approximate surface area is 181 Å². The molecule has 4 aromatic carbocycles. The van der Waals surface area contributed by atoms with Crippen molar-refractivity contribution in [3.63, 3.8) is 0 Å². The lowest BCUT2D eigenvalue weighted by atomic mass is 10.3. The minimum absolute atomic E-state index is 0.0962. The number of carbonyl (C=O) groups excluding carboxylic acids is 1. The Kier molecular flexibility index (Phi) is 5.11. The van der Waals surface area contributed by atoms with Gasteiger partial charge >= 0.3 is 0 Å². The predicted octanol–water partition coefficient (Wildman–Crippen LogP) is 4.54. The molecule has 0 aliphatic heterocycles. The van der Waals surface area contributed by atoms with E-state index in [0.29, 0.717) is 5.82 Å². The number of ketones is 1. The number of hydrogen-bond acceptors (Lipinski definition) is 2. The van der Waals surface area contributed by atoms with Gasteiger partial charge in [0.05, 0.1) is 11.0 Å². The van der Waals surface area contributed by atoms with Gasteiger partial charge in [-0.25, -0.2) is 4.98 Å². The Morgan fingerprint density at radius 2 is 1.10 bits per heavy atom. The summed E-state index contributed by atoms with van der Waals surface area (Å²) >= 11 is 0. The highest BCUT2D eigenvalue weighted by Crippen LogP contribution is 2.43. The second-order valence-electron chi connectivity index (χ2n) is 7.33. The smallest absolute Gasteiger partial charge is 0.222 e. The zero-order chi connectivity index (χ0) is 21.1. The molecule has 3 nitrogen and oxygen atoms in total. The van der Waals surface area contributed by atoms with E-state index < -0.39 is 6.89 Å². The van der Waals surface area contributed by atoms with Crippen molar-refractivity contribution in [1.82, 2.24) is 9.97 Å². The van der Waals surface area contributed by atoms with E-state index in [2.05, 4.69) is 46.4 Å². The molecule has 1 N–H and O–H groups in total. The molecule has 1 aromatic heterocycles. The van der Waals surface area contributed by atoms with Crippen molar-refractivity contribution in [2.45, 2.75) is 0 Å². The zero-order valence-corrected chi connectivity index (χ0v) is 17.7. The molecule has 0 radical (unpaired) electrons. The maximum Gasteiger partial charge on any atom is 0.222 e. The third-order valence-electron chi connectivity index (χ3n) is 5.42. The van der Waals surface area contributed by atoms with Crippen molar-refractivity contribution in [3.05, 3.63) is 121 Å². The van der Waals surface area contributed by atoms with Gasteiger partial charge in [-0.15, -0.1) is 0 Å². The van der Waals surface area contributed by atoms with Gasteiger partial charge < -0.3 is 4.98 Å². The zero-order valence-electron chi connectivity index (χ0n) is 16.8. The van der Waals surface area contributed by atoms with Gasteiger partial charge in [0.2, 0.25) is 5.78 Å². The van der Waals surface area contributed by atoms with Crippen molar-refractivity contribution < 1.29 is 4.79 Å². The molecular weight excluding hydrogens is 399 g/mol. The van der Waals surface area contributed by atoms with E-state index in [-0.39, 0.29) is 5.78 Å². The number of benzene rings is 4. The van der Waals surface area contributed by atoms with Crippen molar-refractivity contribution in [3.8, 4) is 0 Å². The molecule has 5 rings (SSSR count). The summed E-state index contributed by atoms with van der Waals surface area (Å²) in [7, 11) is 0. The van der Waals surface area contributed by atoms with Crippen LogP contribution in [0.5, 0.6) is 0 Å². The summed E-state index contributed by atoms with van der Waals surface area (Å²) in [4.78, 5) is 21.4. The molecule has 0 bridgehead atoms. The minimum Gasteiger partial charge on any atom is -0.335 e. The van der Waals surface area contributed by atoms with E-state index in [4.69, 9.17) is 0 Å². The maximum absolute atomic E-state index is 13.6. The molecule has 0 atom stereocenters. The number of aromatic nitrogens is 2. The Balaban J connectivity index is 1.82. The van der Waals surface area contributed by atoms with Gasteiger partial charge in [-0.2, -0.15) is 0 Å². The molecular formula is C27H21N2OP. The number of hydrogen-bond donors (Lipinski definition) is 1. The molecule has 31 heavy (non-hydrogen) atoms. The number of para-hydroxylation sites is 2. The fourth-order valence-corrected chi connectivity index (χ4v) is 7.71. The standard InChI is InChI=1S/C27H21N2OP/c30-26(27-28-24-18-10-11-19-25(24)29-27)20-31(21-12-4-1-5-13-21,22-14-6-2-7-15-22)23-16-8-3-9-17-23/h1-20H,(H,28,29). The van der Waals surface area contributed by atoms with E-state index in [0.717, 1.165) is 26.9 Å². The maximum atomic E-state index is 13.6. The molecule has 1 heterocycles. The Bertz CT molecular complexity index is 1250. The number of carbonyl (C=O) groups is 1. The Morgan fingerprint density at radius 3 is 1.58 bits per heavy atom. The number of Topliss-reactive ketones (excluding diaryl/α,β-unsaturated/α-hetero) is 1. The van der Waals surface area contributed by atoms with E-state index in [9.17, 15) is 4.79 Å². The third-order valence-corrected chi connectivity index (χ3v) is 9.38. The topological polar surface area (TPSA) is 45.8 Å². The lowest BCUT2D eigenvalue weighted by Crippen LogP contribution is -2.28. The van der Waals surface area contributed by atoms with E-state index >= 15 is 0 Å². The van der Waals surface area contributed by atoms with E-state index in [1.54, 1.807) is 0 Å². The third kappa shape index (κ3) is 3.54. The summed E-state index contributed by atoms with van der Waals surface area (Å²) in [5.41, 5.74) is 1.66. The van der Waals surface area contributed by atoms with Gasteiger partial charge in [0.1, 0.15) is 0 Å². The monoisotopic (exact) mass is 420 g/mol. The lowest BCUT2D eigenvalue weighted by Gasteiger charge is -2.28. The van der Waals surface area contributed by atoms with Gasteiger partial charge in [-0.1, -0.05) is 103 Å². The molecule has 4 heteroatoms. The van der Waals surface area contributed by atoms with Crippen molar-refractivity contribution in [2.75, 3.05) is 0 Å². The average Bonchev–Trinajstić information content (AvgIpc) is 3.29. The summed E-state index contributed by atoms with van der Waals surface area (Å²) in [5, 5.41) is 3.41. The van der Waals surface area contributed by atoms with Gasteiger partial charge in [-0.05, 0) is 40.7 Å². The van der Waals surface area contributed by atoms with Crippen LogP contribution in [0.1, 0.15) is 10.6 Å². The van der Waals surface area contributed by atoms with Gasteiger partial charge in [0, 0.05) is 0 Å². The van der Waals surface area contributed by atoms with Crippen molar-refractivity contribution in [1.29, 1.82) is 0 Å². The van der Waals surface area contributed by atoms with Crippen LogP contribution in [0, 0.1) is 0 Å². The van der Waals surface area contributed by atoms with Gasteiger partial charge in [0.15, 0.2) is 5.82 Å². The predicted molar refractivity (Wildman–Crippen MR) is 132 cm³/mol. The molecule has 5 aromatic rings. The molecule has 0 aliphatic carbocycles. The summed E-state index contributed by atoms with van der Waals surface area (Å²) in [5.74, 6) is 2.18.